The van der Waals surface area contributed by atoms with E-state index in [4.69, 9.17) is 9.15 Å². The van der Waals surface area contributed by atoms with E-state index in [1.54, 1.807) is 36.5 Å². The van der Waals surface area contributed by atoms with E-state index in [-0.39, 0.29) is 11.4 Å². The third-order valence-electron chi connectivity index (χ3n) is 4.54. The molecule has 0 bridgehead atoms. The summed E-state index contributed by atoms with van der Waals surface area (Å²) in [5.74, 6) is 0.431. The number of nitrogens with zero attached hydrogens (tertiary/aromatic N) is 1. The molecule has 5 nitrogen and oxygen atoms in total. The fourth-order valence-electron chi connectivity index (χ4n) is 3.09. The van der Waals surface area contributed by atoms with Gasteiger partial charge in [0, 0.05) is 21.6 Å². The zero-order valence-corrected chi connectivity index (χ0v) is 17.7. The summed E-state index contributed by atoms with van der Waals surface area (Å²) in [6.45, 7) is 2.30. The van der Waals surface area contributed by atoms with Gasteiger partial charge in [0.15, 0.2) is 11.5 Å². The van der Waals surface area contributed by atoms with Crippen LogP contribution in [0.3, 0.4) is 0 Å². The standard InChI is InChI=1S/C24H18BrNO4/c1-2-29-22-13-18(25)11-17(23(22)27)14-26-19-9-7-15(8-10-19)20-12-16-5-3-4-6-21(16)30-24(20)28/h3-14,27H,2H2,1H3. The highest BCUT2D eigenvalue weighted by molar-refractivity contribution is 9.10. The van der Waals surface area contributed by atoms with E-state index in [9.17, 15) is 9.90 Å². The molecule has 0 saturated carbocycles. The molecular formula is C24H18BrNO4. The van der Waals surface area contributed by atoms with Crippen LogP contribution < -0.4 is 10.4 Å². The van der Waals surface area contributed by atoms with Gasteiger partial charge in [-0.1, -0.05) is 46.3 Å². The van der Waals surface area contributed by atoms with Crippen LogP contribution in [-0.4, -0.2) is 17.9 Å². The van der Waals surface area contributed by atoms with Crippen molar-refractivity contribution in [3.8, 4) is 22.6 Å². The molecule has 1 aromatic heterocycles. The van der Waals surface area contributed by atoms with Gasteiger partial charge in [0.2, 0.25) is 0 Å². The Morgan fingerprint density at radius 3 is 2.63 bits per heavy atom. The van der Waals surface area contributed by atoms with E-state index in [1.807, 2.05) is 43.3 Å². The number of phenols is 1. The maximum Gasteiger partial charge on any atom is 0.344 e. The largest absolute Gasteiger partial charge is 0.504 e. The smallest absolute Gasteiger partial charge is 0.344 e. The number of ether oxygens (including phenoxy) is 1. The van der Waals surface area contributed by atoms with Gasteiger partial charge in [-0.2, -0.15) is 0 Å². The van der Waals surface area contributed by atoms with Gasteiger partial charge in [-0.05, 0) is 48.9 Å². The highest BCUT2D eigenvalue weighted by Gasteiger charge is 2.10. The van der Waals surface area contributed by atoms with Crippen molar-refractivity contribution in [3.63, 3.8) is 0 Å². The normalized spacial score (nSPS) is 11.3. The summed E-state index contributed by atoms with van der Waals surface area (Å²) >= 11 is 3.41. The molecule has 0 aliphatic carbocycles. The molecule has 150 valence electrons. The summed E-state index contributed by atoms with van der Waals surface area (Å²) < 4.78 is 11.6. The van der Waals surface area contributed by atoms with Crippen molar-refractivity contribution in [1.29, 1.82) is 0 Å². The number of rotatable bonds is 5. The van der Waals surface area contributed by atoms with Gasteiger partial charge >= 0.3 is 5.63 Å². The number of aromatic hydroxyl groups is 1. The lowest BCUT2D eigenvalue weighted by Gasteiger charge is -2.08. The lowest BCUT2D eigenvalue weighted by Crippen LogP contribution is -2.02. The quantitative estimate of drug-likeness (QED) is 0.287. The number of benzene rings is 3. The molecular weight excluding hydrogens is 446 g/mol. The number of halogens is 1. The third kappa shape index (κ3) is 4.14. The molecule has 6 heteroatoms. The van der Waals surface area contributed by atoms with Crippen molar-refractivity contribution in [1.82, 2.24) is 0 Å². The summed E-state index contributed by atoms with van der Waals surface area (Å²) in [4.78, 5) is 16.8. The second-order valence-corrected chi connectivity index (χ2v) is 7.48. The van der Waals surface area contributed by atoms with Crippen LogP contribution in [0, 0.1) is 0 Å². The third-order valence-corrected chi connectivity index (χ3v) is 5.00. The summed E-state index contributed by atoms with van der Waals surface area (Å²) in [6.07, 6.45) is 1.57. The molecule has 3 aromatic carbocycles. The van der Waals surface area contributed by atoms with E-state index < -0.39 is 0 Å². The number of fused-ring (bicyclic) bond motifs is 1. The molecule has 4 rings (SSSR count). The molecule has 4 aromatic rings. The average Bonchev–Trinajstić information content (AvgIpc) is 2.75. The second kappa shape index (κ2) is 8.55. The van der Waals surface area contributed by atoms with Crippen LogP contribution in [-0.2, 0) is 0 Å². The Bertz CT molecular complexity index is 1290. The van der Waals surface area contributed by atoms with Gasteiger partial charge in [0.05, 0.1) is 17.9 Å². The molecule has 0 radical (unpaired) electrons. The minimum atomic E-state index is -0.382. The molecule has 0 aliphatic heterocycles. The molecule has 0 fully saturated rings. The summed E-state index contributed by atoms with van der Waals surface area (Å²) in [6, 6.07) is 20.0. The molecule has 0 unspecified atom stereocenters. The number of hydrogen-bond donors (Lipinski definition) is 1. The Kier molecular flexibility index (Phi) is 5.68. The molecule has 0 spiro atoms. The van der Waals surface area contributed by atoms with E-state index >= 15 is 0 Å². The molecule has 1 N–H and O–H groups in total. The first kappa shape index (κ1) is 19.9. The molecule has 30 heavy (non-hydrogen) atoms. The minimum absolute atomic E-state index is 0.0363. The lowest BCUT2D eigenvalue weighted by molar-refractivity contribution is 0.317. The fourth-order valence-corrected chi connectivity index (χ4v) is 3.55. The minimum Gasteiger partial charge on any atom is -0.504 e. The molecule has 0 saturated heterocycles. The molecule has 1 heterocycles. The Morgan fingerprint density at radius 1 is 1.10 bits per heavy atom. The van der Waals surface area contributed by atoms with Crippen molar-refractivity contribution < 1.29 is 14.3 Å². The van der Waals surface area contributed by atoms with Gasteiger partial charge in [0.1, 0.15) is 5.58 Å². The highest BCUT2D eigenvalue weighted by Crippen LogP contribution is 2.33. The second-order valence-electron chi connectivity index (χ2n) is 6.57. The van der Waals surface area contributed by atoms with Gasteiger partial charge in [0.25, 0.3) is 0 Å². The van der Waals surface area contributed by atoms with Crippen molar-refractivity contribution in [2.45, 2.75) is 6.92 Å². The SMILES string of the molecule is CCOc1cc(Br)cc(C=Nc2ccc(-c3cc4ccccc4oc3=O)cc2)c1O. The van der Waals surface area contributed by atoms with Crippen LogP contribution in [0.1, 0.15) is 12.5 Å². The number of phenolic OH excluding ortho intramolecular Hbond substituents is 1. The van der Waals surface area contributed by atoms with Gasteiger partial charge in [-0.15, -0.1) is 0 Å². The van der Waals surface area contributed by atoms with Gasteiger partial charge in [-0.25, -0.2) is 4.79 Å². The summed E-state index contributed by atoms with van der Waals surface area (Å²) in [5, 5.41) is 11.2. The highest BCUT2D eigenvalue weighted by atomic mass is 79.9. The van der Waals surface area contributed by atoms with Crippen molar-refractivity contribution in [2.24, 2.45) is 4.99 Å². The van der Waals surface area contributed by atoms with Crippen LogP contribution >= 0.6 is 15.9 Å². The van der Waals surface area contributed by atoms with E-state index in [1.165, 1.54) is 0 Å². The maximum absolute atomic E-state index is 12.3. The average molecular weight is 464 g/mol. The van der Waals surface area contributed by atoms with Crippen molar-refractivity contribution >= 4 is 38.8 Å². The Morgan fingerprint density at radius 2 is 1.87 bits per heavy atom. The Hall–Kier alpha value is -3.38. The first-order valence-electron chi connectivity index (χ1n) is 9.38. The Labute approximate surface area is 181 Å². The first-order chi connectivity index (χ1) is 14.5. The predicted octanol–water partition coefficient (Wildman–Crippen LogP) is 6.08. The fraction of sp³-hybridized carbons (Fsp3) is 0.0833. The van der Waals surface area contributed by atoms with E-state index in [0.717, 1.165) is 15.4 Å². The summed E-state index contributed by atoms with van der Waals surface area (Å²) in [5.41, 5.74) is 2.64. The van der Waals surface area contributed by atoms with Crippen molar-refractivity contribution in [3.05, 3.63) is 87.2 Å². The topological polar surface area (TPSA) is 72.0 Å². The van der Waals surface area contributed by atoms with Crippen LogP contribution in [0.25, 0.3) is 22.1 Å². The van der Waals surface area contributed by atoms with Crippen LogP contribution in [0.4, 0.5) is 5.69 Å². The molecule has 0 atom stereocenters. The van der Waals surface area contributed by atoms with Crippen LogP contribution in [0.5, 0.6) is 11.5 Å². The predicted molar refractivity (Wildman–Crippen MR) is 122 cm³/mol. The van der Waals surface area contributed by atoms with Crippen LogP contribution in [0.2, 0.25) is 0 Å². The zero-order chi connectivity index (χ0) is 21.1. The Balaban J connectivity index is 1.62. The van der Waals surface area contributed by atoms with E-state index in [0.29, 0.717) is 34.8 Å². The van der Waals surface area contributed by atoms with Crippen molar-refractivity contribution in [2.75, 3.05) is 6.61 Å². The van der Waals surface area contributed by atoms with E-state index in [2.05, 4.69) is 20.9 Å². The molecule has 0 aliphatic rings. The zero-order valence-electron chi connectivity index (χ0n) is 16.1. The number of aliphatic imine (C=N–C) groups is 1. The maximum atomic E-state index is 12.3. The van der Waals surface area contributed by atoms with Gasteiger partial charge < -0.3 is 14.3 Å². The number of hydrogen-bond acceptors (Lipinski definition) is 5. The van der Waals surface area contributed by atoms with Crippen LogP contribution in [0.15, 0.2) is 85.4 Å². The lowest BCUT2D eigenvalue weighted by atomic mass is 10.1. The molecule has 0 amide bonds. The summed E-state index contributed by atoms with van der Waals surface area (Å²) in [7, 11) is 0. The first-order valence-corrected chi connectivity index (χ1v) is 10.2. The monoisotopic (exact) mass is 463 g/mol. The van der Waals surface area contributed by atoms with Gasteiger partial charge in [-0.3, -0.25) is 4.99 Å². The number of para-hydroxylation sites is 1.